The summed E-state index contributed by atoms with van der Waals surface area (Å²) < 4.78 is 10.5. The molecule has 0 amide bonds. The van der Waals surface area contributed by atoms with Crippen LogP contribution in [0.15, 0.2) is 0 Å². The molecule has 0 spiro atoms. The summed E-state index contributed by atoms with van der Waals surface area (Å²) in [5.74, 6) is 1.57. The summed E-state index contributed by atoms with van der Waals surface area (Å²) in [5.41, 5.74) is 0. The fraction of sp³-hybridized carbons (Fsp3) is 1.00. The van der Waals surface area contributed by atoms with Crippen LogP contribution in [0.1, 0.15) is 32.6 Å². The predicted octanol–water partition coefficient (Wildman–Crippen LogP) is 2.94. The van der Waals surface area contributed by atoms with Crippen molar-refractivity contribution in [2.45, 2.75) is 38.7 Å². The van der Waals surface area contributed by atoms with Crippen molar-refractivity contribution < 1.29 is 8.85 Å². The Morgan fingerprint density at radius 3 is 2.29 bits per heavy atom. The van der Waals surface area contributed by atoms with E-state index in [1.807, 2.05) is 0 Å². The van der Waals surface area contributed by atoms with Crippen molar-refractivity contribution in [1.29, 1.82) is 0 Å². The van der Waals surface area contributed by atoms with Crippen LogP contribution in [0.5, 0.6) is 0 Å². The molecule has 0 heterocycles. The van der Waals surface area contributed by atoms with Gasteiger partial charge >= 0.3 is 9.28 Å². The highest BCUT2D eigenvalue weighted by molar-refractivity contribution is 6.44. The number of hydrogen-bond acceptors (Lipinski definition) is 2. The lowest BCUT2D eigenvalue weighted by molar-refractivity contribution is 0.273. The van der Waals surface area contributed by atoms with Crippen molar-refractivity contribution in [3.63, 3.8) is 0 Å². The van der Waals surface area contributed by atoms with E-state index in [2.05, 4.69) is 6.92 Å². The largest absolute Gasteiger partial charge is 0.400 e. The zero-order chi connectivity index (χ0) is 10.8. The molecule has 0 bridgehead atoms. The summed E-state index contributed by atoms with van der Waals surface area (Å²) >= 11 is 5.62. The Hall–Kier alpha value is 0.427. The highest BCUT2D eigenvalue weighted by Gasteiger charge is 2.11. The lowest BCUT2D eigenvalue weighted by Crippen LogP contribution is -2.19. The first-order valence-electron chi connectivity index (χ1n) is 5.36. The van der Waals surface area contributed by atoms with Gasteiger partial charge in [-0.05, 0) is 24.8 Å². The molecule has 0 aliphatic rings. The van der Waals surface area contributed by atoms with Gasteiger partial charge in [0.25, 0.3) is 0 Å². The van der Waals surface area contributed by atoms with Gasteiger partial charge in [-0.3, -0.25) is 0 Å². The van der Waals surface area contributed by atoms with Gasteiger partial charge in [0, 0.05) is 20.1 Å². The van der Waals surface area contributed by atoms with E-state index >= 15 is 0 Å². The second-order valence-corrected chi connectivity index (χ2v) is 6.53. The molecule has 2 nitrogen and oxygen atoms in total. The fourth-order valence-electron chi connectivity index (χ4n) is 1.48. The minimum Gasteiger partial charge on any atom is -0.400 e. The molecule has 0 rings (SSSR count). The number of halogens is 1. The smallest absolute Gasteiger partial charge is 0.320 e. The molecule has 0 saturated heterocycles. The van der Waals surface area contributed by atoms with E-state index < -0.39 is 9.28 Å². The molecule has 0 N–H and O–H groups in total. The minimum absolute atomic E-state index is 0.776. The van der Waals surface area contributed by atoms with Crippen LogP contribution < -0.4 is 0 Å². The van der Waals surface area contributed by atoms with Crippen LogP contribution in [-0.4, -0.2) is 29.4 Å². The molecule has 0 aromatic heterocycles. The van der Waals surface area contributed by atoms with Gasteiger partial charge in [0.15, 0.2) is 0 Å². The van der Waals surface area contributed by atoms with Gasteiger partial charge < -0.3 is 8.85 Å². The normalized spacial score (nSPS) is 13.5. The number of unbranched alkanes of at least 4 members (excludes halogenated alkanes) is 1. The Morgan fingerprint density at radius 1 is 1.14 bits per heavy atom. The fourth-order valence-corrected chi connectivity index (χ4v) is 3.18. The SMILES string of the molecule is CO[SiH](CCC(C)CCCCCl)OC. The average molecular weight is 239 g/mol. The second-order valence-electron chi connectivity index (χ2n) is 3.77. The molecule has 0 aliphatic carbocycles. The third-order valence-electron chi connectivity index (χ3n) is 2.50. The summed E-state index contributed by atoms with van der Waals surface area (Å²) in [4.78, 5) is 0. The van der Waals surface area contributed by atoms with Gasteiger partial charge in [0.2, 0.25) is 0 Å². The van der Waals surface area contributed by atoms with E-state index in [0.29, 0.717) is 0 Å². The van der Waals surface area contributed by atoms with E-state index in [0.717, 1.165) is 24.3 Å². The van der Waals surface area contributed by atoms with E-state index in [9.17, 15) is 0 Å². The van der Waals surface area contributed by atoms with Crippen molar-refractivity contribution in [3.05, 3.63) is 0 Å². The van der Waals surface area contributed by atoms with Gasteiger partial charge in [-0.2, -0.15) is 0 Å². The van der Waals surface area contributed by atoms with E-state index in [-0.39, 0.29) is 0 Å². The Bertz CT molecular complexity index is 121. The molecule has 86 valence electrons. The molecule has 0 radical (unpaired) electrons. The summed E-state index contributed by atoms with van der Waals surface area (Å²) in [6.07, 6.45) is 4.89. The van der Waals surface area contributed by atoms with Crippen molar-refractivity contribution >= 4 is 20.9 Å². The average Bonchev–Trinajstić information content (AvgIpc) is 2.20. The van der Waals surface area contributed by atoms with E-state index in [1.165, 1.54) is 19.3 Å². The molecule has 0 aliphatic heterocycles. The van der Waals surface area contributed by atoms with E-state index in [1.54, 1.807) is 14.2 Å². The first-order valence-corrected chi connectivity index (χ1v) is 7.65. The molecular weight excluding hydrogens is 216 g/mol. The molecule has 1 atom stereocenters. The zero-order valence-electron chi connectivity index (χ0n) is 9.59. The summed E-state index contributed by atoms with van der Waals surface area (Å²) in [7, 11) is 2.18. The summed E-state index contributed by atoms with van der Waals surface area (Å²) in [5, 5.41) is 0. The second kappa shape index (κ2) is 9.96. The number of rotatable bonds is 9. The van der Waals surface area contributed by atoms with Crippen molar-refractivity contribution in [3.8, 4) is 0 Å². The zero-order valence-corrected chi connectivity index (χ0v) is 11.5. The van der Waals surface area contributed by atoms with Crippen molar-refractivity contribution in [2.75, 3.05) is 20.1 Å². The van der Waals surface area contributed by atoms with Gasteiger partial charge in [0.1, 0.15) is 0 Å². The summed E-state index contributed by atoms with van der Waals surface area (Å²) in [6, 6.07) is 1.12. The van der Waals surface area contributed by atoms with Gasteiger partial charge in [-0.1, -0.05) is 19.8 Å². The maximum atomic E-state index is 5.62. The Kier molecular flexibility index (Phi) is 10.3. The van der Waals surface area contributed by atoms with Crippen molar-refractivity contribution in [1.82, 2.24) is 0 Å². The quantitative estimate of drug-likeness (QED) is 0.349. The Labute approximate surface area is 94.8 Å². The van der Waals surface area contributed by atoms with Gasteiger partial charge in [-0.15, -0.1) is 11.6 Å². The van der Waals surface area contributed by atoms with Crippen LogP contribution >= 0.6 is 11.6 Å². The first-order chi connectivity index (χ1) is 6.74. The van der Waals surface area contributed by atoms with Gasteiger partial charge in [0.05, 0.1) is 0 Å². The molecule has 0 fully saturated rings. The molecule has 0 aromatic rings. The minimum atomic E-state index is -1.32. The maximum Gasteiger partial charge on any atom is 0.320 e. The molecule has 0 aromatic carbocycles. The van der Waals surface area contributed by atoms with Crippen LogP contribution in [-0.2, 0) is 8.85 Å². The van der Waals surface area contributed by atoms with Crippen LogP contribution in [0.2, 0.25) is 6.04 Å². The highest BCUT2D eigenvalue weighted by Crippen LogP contribution is 2.16. The maximum absolute atomic E-state index is 5.62. The van der Waals surface area contributed by atoms with Crippen LogP contribution in [0, 0.1) is 5.92 Å². The third kappa shape index (κ3) is 7.80. The highest BCUT2D eigenvalue weighted by atomic mass is 35.5. The first kappa shape index (κ1) is 14.4. The number of hydrogen-bond donors (Lipinski definition) is 0. The van der Waals surface area contributed by atoms with Crippen molar-refractivity contribution in [2.24, 2.45) is 5.92 Å². The molecule has 0 saturated carbocycles. The molecule has 4 heteroatoms. The van der Waals surface area contributed by atoms with Gasteiger partial charge in [-0.25, -0.2) is 0 Å². The van der Waals surface area contributed by atoms with Crippen LogP contribution in [0.4, 0.5) is 0 Å². The Balaban J connectivity index is 3.37. The molecular formula is C10H23ClO2Si. The molecule has 1 unspecified atom stereocenters. The Morgan fingerprint density at radius 2 is 1.79 bits per heavy atom. The predicted molar refractivity (Wildman–Crippen MR) is 64.3 cm³/mol. The molecule has 14 heavy (non-hydrogen) atoms. The topological polar surface area (TPSA) is 18.5 Å². The summed E-state index contributed by atoms with van der Waals surface area (Å²) in [6.45, 7) is 2.30. The lowest BCUT2D eigenvalue weighted by atomic mass is 10.0. The monoisotopic (exact) mass is 238 g/mol. The standard InChI is InChI=1S/C10H23ClO2Si/c1-10(6-4-5-8-11)7-9-14(12-2)13-3/h10,14H,4-9H2,1-3H3. The third-order valence-corrected chi connectivity index (χ3v) is 4.63. The van der Waals surface area contributed by atoms with Crippen LogP contribution in [0.3, 0.4) is 0 Å². The van der Waals surface area contributed by atoms with E-state index in [4.69, 9.17) is 20.5 Å². The number of alkyl halides is 1. The van der Waals surface area contributed by atoms with Crippen LogP contribution in [0.25, 0.3) is 0 Å². The lowest BCUT2D eigenvalue weighted by Gasteiger charge is -2.14.